The van der Waals surface area contributed by atoms with Crippen LogP contribution in [-0.2, 0) is 20.8 Å². The molecule has 1 aromatic heterocycles. The van der Waals surface area contributed by atoms with Crippen LogP contribution in [0.4, 0.5) is 5.69 Å². The van der Waals surface area contributed by atoms with Gasteiger partial charge in [0.15, 0.2) is 5.78 Å². The molecule has 142 valence electrons. The van der Waals surface area contributed by atoms with Crippen molar-refractivity contribution < 1.29 is 28.6 Å². The topological polar surface area (TPSA) is 95.9 Å². The third-order valence-electron chi connectivity index (χ3n) is 4.75. The maximum Gasteiger partial charge on any atom is 0.354 e. The summed E-state index contributed by atoms with van der Waals surface area (Å²) in [6.45, 7) is 4.65. The standard InChI is InChI=1S/C19H20N2O6/c1-3-25-18(23)11-7-10-8-13-16(15-12(22)5-6-21(11)17(10)15)20-9-14(27-13)19(24)26-4-2/h7-8,14,20H,3-6,9H2,1-2H3/t14-/m0/s1. The van der Waals surface area contributed by atoms with Gasteiger partial charge in [0.2, 0.25) is 6.10 Å². The number of esters is 2. The van der Waals surface area contributed by atoms with Crippen molar-refractivity contribution in [2.75, 3.05) is 25.1 Å². The van der Waals surface area contributed by atoms with Crippen LogP contribution in [0.2, 0.25) is 0 Å². The normalized spacial score (nSPS) is 17.7. The lowest BCUT2D eigenvalue weighted by molar-refractivity contribution is -0.150. The van der Waals surface area contributed by atoms with Gasteiger partial charge in [-0.3, -0.25) is 4.79 Å². The minimum absolute atomic E-state index is 0.0245. The Morgan fingerprint density at radius 2 is 2.04 bits per heavy atom. The van der Waals surface area contributed by atoms with E-state index >= 15 is 0 Å². The molecule has 0 radical (unpaired) electrons. The number of Topliss-reactive ketones (excluding diaryl/α,β-unsaturated/α-hetero) is 1. The van der Waals surface area contributed by atoms with Crippen molar-refractivity contribution in [3.8, 4) is 5.75 Å². The number of rotatable bonds is 4. The average Bonchev–Trinajstić information content (AvgIpc) is 3.02. The number of benzene rings is 1. The molecule has 0 saturated heterocycles. The molecule has 3 heterocycles. The Bertz CT molecular complexity index is 961. The molecule has 2 aromatic rings. The number of carbonyl (C=O) groups excluding carboxylic acids is 3. The first-order valence-electron chi connectivity index (χ1n) is 9.02. The summed E-state index contributed by atoms with van der Waals surface area (Å²) in [7, 11) is 0. The second kappa shape index (κ2) is 6.61. The van der Waals surface area contributed by atoms with Crippen molar-refractivity contribution in [3.63, 3.8) is 0 Å². The van der Waals surface area contributed by atoms with Crippen molar-refractivity contribution in [1.29, 1.82) is 0 Å². The Labute approximate surface area is 155 Å². The summed E-state index contributed by atoms with van der Waals surface area (Å²) >= 11 is 0. The number of nitrogens with zero attached hydrogens (tertiary/aromatic N) is 1. The van der Waals surface area contributed by atoms with Gasteiger partial charge in [-0.15, -0.1) is 0 Å². The van der Waals surface area contributed by atoms with E-state index < -0.39 is 18.0 Å². The monoisotopic (exact) mass is 372 g/mol. The van der Waals surface area contributed by atoms with Crippen LogP contribution in [0, 0.1) is 0 Å². The molecular weight excluding hydrogens is 352 g/mol. The van der Waals surface area contributed by atoms with E-state index in [0.29, 0.717) is 40.1 Å². The molecule has 0 bridgehead atoms. The van der Waals surface area contributed by atoms with Crippen molar-refractivity contribution in [1.82, 2.24) is 4.57 Å². The lowest BCUT2D eigenvalue weighted by Crippen LogP contribution is -2.39. The predicted molar refractivity (Wildman–Crippen MR) is 96.4 cm³/mol. The molecule has 0 fully saturated rings. The number of hydrogen-bond donors (Lipinski definition) is 1. The fourth-order valence-electron chi connectivity index (χ4n) is 3.66. The molecule has 0 spiro atoms. The Balaban J connectivity index is 1.84. The van der Waals surface area contributed by atoms with Gasteiger partial charge in [0.1, 0.15) is 11.4 Å². The first-order chi connectivity index (χ1) is 13.0. The van der Waals surface area contributed by atoms with E-state index in [9.17, 15) is 14.4 Å². The molecule has 27 heavy (non-hydrogen) atoms. The third kappa shape index (κ3) is 2.72. The van der Waals surface area contributed by atoms with Crippen molar-refractivity contribution in [3.05, 3.63) is 23.4 Å². The number of nitrogens with one attached hydrogen (secondary N) is 1. The van der Waals surface area contributed by atoms with Gasteiger partial charge in [0, 0.05) is 18.4 Å². The maximum atomic E-state index is 12.6. The zero-order valence-corrected chi connectivity index (χ0v) is 15.2. The number of fused-ring (bicyclic) bond motifs is 2. The zero-order valence-electron chi connectivity index (χ0n) is 15.2. The lowest BCUT2D eigenvalue weighted by Gasteiger charge is -2.29. The number of carbonyl (C=O) groups is 3. The molecule has 0 saturated carbocycles. The highest BCUT2D eigenvalue weighted by Gasteiger charge is 2.34. The Morgan fingerprint density at radius 3 is 2.78 bits per heavy atom. The Kier molecular flexibility index (Phi) is 4.25. The highest BCUT2D eigenvalue weighted by atomic mass is 16.6. The summed E-state index contributed by atoms with van der Waals surface area (Å²) in [6, 6.07) is 3.44. The van der Waals surface area contributed by atoms with Gasteiger partial charge in [-0.05, 0) is 26.0 Å². The fraction of sp³-hybridized carbons (Fsp3) is 0.421. The van der Waals surface area contributed by atoms with Crippen molar-refractivity contribution in [2.24, 2.45) is 0 Å². The zero-order chi connectivity index (χ0) is 19.1. The highest BCUT2D eigenvalue weighted by Crippen LogP contribution is 2.42. The van der Waals surface area contributed by atoms with Crippen LogP contribution in [0.15, 0.2) is 12.1 Å². The van der Waals surface area contributed by atoms with Gasteiger partial charge < -0.3 is 24.1 Å². The second-order valence-electron chi connectivity index (χ2n) is 6.38. The number of hydrogen-bond acceptors (Lipinski definition) is 7. The van der Waals surface area contributed by atoms with E-state index in [0.717, 1.165) is 0 Å². The Morgan fingerprint density at radius 1 is 1.26 bits per heavy atom. The summed E-state index contributed by atoms with van der Waals surface area (Å²) in [4.78, 5) is 37.0. The minimum Gasteiger partial charge on any atom is -0.475 e. The van der Waals surface area contributed by atoms with Crippen LogP contribution in [0.1, 0.15) is 41.1 Å². The van der Waals surface area contributed by atoms with E-state index in [1.54, 1.807) is 26.0 Å². The first-order valence-corrected chi connectivity index (χ1v) is 9.02. The quantitative estimate of drug-likeness (QED) is 0.822. The van der Waals surface area contributed by atoms with E-state index in [4.69, 9.17) is 14.2 Å². The number of aromatic nitrogens is 1. The molecule has 1 aromatic carbocycles. The molecule has 8 nitrogen and oxygen atoms in total. The molecular formula is C19H20N2O6. The molecule has 0 unspecified atom stereocenters. The second-order valence-corrected chi connectivity index (χ2v) is 6.38. The molecule has 1 N–H and O–H groups in total. The maximum absolute atomic E-state index is 12.6. The molecule has 2 aliphatic heterocycles. The molecule has 1 atom stereocenters. The first kappa shape index (κ1) is 17.4. The van der Waals surface area contributed by atoms with Crippen LogP contribution in [-0.4, -0.2) is 48.2 Å². The molecule has 0 aliphatic carbocycles. The van der Waals surface area contributed by atoms with Gasteiger partial charge in [0.05, 0.1) is 36.5 Å². The summed E-state index contributed by atoms with van der Waals surface area (Å²) in [5, 5.41) is 3.84. The van der Waals surface area contributed by atoms with E-state index in [1.807, 2.05) is 4.57 Å². The van der Waals surface area contributed by atoms with Gasteiger partial charge >= 0.3 is 11.9 Å². The van der Waals surface area contributed by atoms with Crippen LogP contribution in [0.3, 0.4) is 0 Å². The summed E-state index contributed by atoms with van der Waals surface area (Å²) in [5.41, 5.74) is 2.15. The average molecular weight is 372 g/mol. The van der Waals surface area contributed by atoms with Gasteiger partial charge in [-0.2, -0.15) is 0 Å². The summed E-state index contributed by atoms with van der Waals surface area (Å²) in [5.74, 6) is -0.501. The number of anilines is 1. The number of aryl methyl sites for hydroxylation is 1. The third-order valence-corrected chi connectivity index (χ3v) is 4.75. The van der Waals surface area contributed by atoms with E-state index in [2.05, 4.69) is 5.32 Å². The van der Waals surface area contributed by atoms with Gasteiger partial charge in [0.25, 0.3) is 0 Å². The molecule has 2 aliphatic rings. The minimum atomic E-state index is -0.785. The Hall–Kier alpha value is -3.03. The predicted octanol–water partition coefficient (Wildman–Crippen LogP) is 2.14. The van der Waals surface area contributed by atoms with E-state index in [1.165, 1.54) is 0 Å². The molecule has 4 rings (SSSR count). The number of ketones is 1. The lowest BCUT2D eigenvalue weighted by atomic mass is 9.98. The largest absolute Gasteiger partial charge is 0.475 e. The molecule has 0 amide bonds. The SMILES string of the molecule is CCOC(=O)c1cc2cc3c(c4c2n1CCC4=O)NC[C@@H](C(=O)OCC)O3. The van der Waals surface area contributed by atoms with Crippen LogP contribution in [0.5, 0.6) is 5.75 Å². The highest BCUT2D eigenvalue weighted by molar-refractivity contribution is 6.16. The number of ether oxygens (including phenoxy) is 3. The van der Waals surface area contributed by atoms with Crippen LogP contribution < -0.4 is 10.1 Å². The van der Waals surface area contributed by atoms with Crippen molar-refractivity contribution >= 4 is 34.3 Å². The smallest absolute Gasteiger partial charge is 0.354 e. The summed E-state index contributed by atoms with van der Waals surface area (Å²) in [6.07, 6.45) is -0.504. The molecule has 8 heteroatoms. The van der Waals surface area contributed by atoms with E-state index in [-0.39, 0.29) is 32.0 Å². The van der Waals surface area contributed by atoms with Crippen LogP contribution in [0.25, 0.3) is 10.9 Å². The van der Waals surface area contributed by atoms with Crippen molar-refractivity contribution in [2.45, 2.75) is 32.9 Å². The van der Waals surface area contributed by atoms with Gasteiger partial charge in [-0.1, -0.05) is 0 Å². The van der Waals surface area contributed by atoms with Crippen LogP contribution >= 0.6 is 0 Å². The fourth-order valence-corrected chi connectivity index (χ4v) is 3.66. The van der Waals surface area contributed by atoms with Gasteiger partial charge in [-0.25, -0.2) is 9.59 Å². The summed E-state index contributed by atoms with van der Waals surface area (Å²) < 4.78 is 17.8.